The second-order valence-electron chi connectivity index (χ2n) is 4.95. The van der Waals surface area contributed by atoms with Gasteiger partial charge >= 0.3 is 0 Å². The molecule has 0 saturated carbocycles. The molecule has 2 N–H and O–H groups in total. The molecule has 3 heteroatoms. The number of carbonyl (C=O) groups excluding carboxylic acids is 1. The normalized spacial score (nSPS) is 12.2. The zero-order valence-corrected chi connectivity index (χ0v) is 12.0. The smallest absolute Gasteiger partial charge is 0.251 e. The van der Waals surface area contributed by atoms with Crippen molar-refractivity contribution in [3.8, 4) is 0 Å². The van der Waals surface area contributed by atoms with E-state index in [-0.39, 0.29) is 5.91 Å². The molecule has 0 saturated heterocycles. The summed E-state index contributed by atoms with van der Waals surface area (Å²) in [5.41, 5.74) is 1.92. The Morgan fingerprint density at radius 3 is 2.47 bits per heavy atom. The van der Waals surface area contributed by atoms with Crippen molar-refractivity contribution >= 4 is 5.91 Å². The first-order valence-corrected chi connectivity index (χ1v) is 7.22. The molecule has 0 radical (unpaired) electrons. The zero-order valence-electron chi connectivity index (χ0n) is 12.0. The largest absolute Gasteiger partial charge is 0.391 e. The molecule has 1 amide bonds. The summed E-state index contributed by atoms with van der Waals surface area (Å²) < 4.78 is 0. The van der Waals surface area contributed by atoms with E-state index in [2.05, 4.69) is 12.2 Å². The second-order valence-corrected chi connectivity index (χ2v) is 4.95. The number of carbonyl (C=O) groups is 1. The van der Waals surface area contributed by atoms with Crippen LogP contribution in [0.3, 0.4) is 0 Å². The molecule has 0 heterocycles. The predicted octanol–water partition coefficient (Wildman–Crippen LogP) is 2.92. The molecule has 0 spiro atoms. The maximum absolute atomic E-state index is 11.9. The summed E-state index contributed by atoms with van der Waals surface area (Å²) in [5, 5.41) is 12.3. The minimum Gasteiger partial charge on any atom is -0.391 e. The van der Waals surface area contributed by atoms with E-state index in [0.29, 0.717) is 12.1 Å². The van der Waals surface area contributed by atoms with Gasteiger partial charge in [0.1, 0.15) is 0 Å². The monoisotopic (exact) mass is 263 g/mol. The molecule has 1 aromatic carbocycles. The number of aryl methyl sites for hydroxylation is 1. The molecule has 0 aromatic heterocycles. The lowest BCUT2D eigenvalue weighted by molar-refractivity contribution is 0.0910. The molecule has 1 unspecified atom stereocenters. The molecule has 106 valence electrons. The lowest BCUT2D eigenvalue weighted by Crippen LogP contribution is -2.31. The summed E-state index contributed by atoms with van der Waals surface area (Å²) in [7, 11) is 0. The van der Waals surface area contributed by atoms with Gasteiger partial charge in [-0.25, -0.2) is 0 Å². The molecular weight excluding hydrogens is 238 g/mol. The van der Waals surface area contributed by atoms with Crippen molar-refractivity contribution in [2.45, 2.75) is 52.1 Å². The van der Waals surface area contributed by atoms with Gasteiger partial charge in [-0.05, 0) is 37.0 Å². The standard InChI is InChI=1S/C16H25NO2/c1-3-5-7-13-8-10-14(11-9-13)16(19)17-12-15(18)6-4-2/h8-11,15,18H,3-7,12H2,1-2H3,(H,17,19). The Morgan fingerprint density at radius 2 is 1.89 bits per heavy atom. The summed E-state index contributed by atoms with van der Waals surface area (Å²) in [6.07, 6.45) is 4.61. The molecule has 3 nitrogen and oxygen atoms in total. The van der Waals surface area contributed by atoms with Gasteiger partial charge in [-0.2, -0.15) is 0 Å². The van der Waals surface area contributed by atoms with Crippen LogP contribution in [0.5, 0.6) is 0 Å². The molecule has 1 atom stereocenters. The van der Waals surface area contributed by atoms with Gasteiger partial charge in [-0.15, -0.1) is 0 Å². The first kappa shape index (κ1) is 15.7. The van der Waals surface area contributed by atoms with Gasteiger partial charge in [-0.1, -0.05) is 38.8 Å². The van der Waals surface area contributed by atoms with Crippen molar-refractivity contribution in [3.63, 3.8) is 0 Å². The number of hydrogen-bond donors (Lipinski definition) is 2. The predicted molar refractivity (Wildman–Crippen MR) is 78.3 cm³/mol. The summed E-state index contributed by atoms with van der Waals surface area (Å²) >= 11 is 0. The Morgan fingerprint density at radius 1 is 1.21 bits per heavy atom. The number of nitrogens with one attached hydrogen (secondary N) is 1. The van der Waals surface area contributed by atoms with Crippen molar-refractivity contribution in [3.05, 3.63) is 35.4 Å². The Kier molecular flexibility index (Phi) is 7.19. The number of benzene rings is 1. The molecule has 19 heavy (non-hydrogen) atoms. The minimum atomic E-state index is -0.447. The minimum absolute atomic E-state index is 0.114. The van der Waals surface area contributed by atoms with Crippen LogP contribution in [-0.2, 0) is 6.42 Å². The van der Waals surface area contributed by atoms with E-state index in [0.717, 1.165) is 19.3 Å². The number of unbranched alkanes of at least 4 members (excludes halogenated alkanes) is 1. The molecule has 0 fully saturated rings. The summed E-state index contributed by atoms with van der Waals surface area (Å²) in [6, 6.07) is 7.72. The lowest BCUT2D eigenvalue weighted by atomic mass is 10.1. The number of hydrogen-bond acceptors (Lipinski definition) is 2. The number of amides is 1. The summed E-state index contributed by atoms with van der Waals surface area (Å²) in [4.78, 5) is 11.9. The van der Waals surface area contributed by atoms with Crippen LogP contribution in [0.25, 0.3) is 0 Å². The van der Waals surface area contributed by atoms with Crippen LogP contribution in [0, 0.1) is 0 Å². The van der Waals surface area contributed by atoms with Gasteiger partial charge in [0.25, 0.3) is 5.91 Å². The first-order valence-electron chi connectivity index (χ1n) is 7.22. The van der Waals surface area contributed by atoms with Gasteiger partial charge in [0.05, 0.1) is 6.10 Å². The van der Waals surface area contributed by atoms with Crippen LogP contribution in [0.15, 0.2) is 24.3 Å². The maximum atomic E-state index is 11.9. The Bertz CT molecular complexity index is 373. The van der Waals surface area contributed by atoms with Crippen molar-refractivity contribution < 1.29 is 9.90 Å². The average molecular weight is 263 g/mol. The second kappa shape index (κ2) is 8.70. The van der Waals surface area contributed by atoms with Crippen LogP contribution in [-0.4, -0.2) is 23.7 Å². The van der Waals surface area contributed by atoms with E-state index in [9.17, 15) is 9.90 Å². The van der Waals surface area contributed by atoms with Crippen LogP contribution in [0.4, 0.5) is 0 Å². The molecule has 1 rings (SSSR count). The fraction of sp³-hybridized carbons (Fsp3) is 0.562. The molecule has 0 aliphatic rings. The topological polar surface area (TPSA) is 49.3 Å². The van der Waals surface area contributed by atoms with Crippen LogP contribution in [0.1, 0.15) is 55.5 Å². The molecule has 0 aliphatic heterocycles. The van der Waals surface area contributed by atoms with Crippen LogP contribution >= 0.6 is 0 Å². The van der Waals surface area contributed by atoms with Gasteiger partial charge in [0, 0.05) is 12.1 Å². The third-order valence-corrected chi connectivity index (χ3v) is 3.16. The van der Waals surface area contributed by atoms with Gasteiger partial charge < -0.3 is 10.4 Å². The molecular formula is C16H25NO2. The highest BCUT2D eigenvalue weighted by atomic mass is 16.3. The third-order valence-electron chi connectivity index (χ3n) is 3.16. The number of rotatable bonds is 8. The Labute approximate surface area is 116 Å². The number of aliphatic hydroxyl groups excluding tert-OH is 1. The van der Waals surface area contributed by atoms with E-state index in [1.54, 1.807) is 0 Å². The van der Waals surface area contributed by atoms with E-state index >= 15 is 0 Å². The molecule has 1 aromatic rings. The van der Waals surface area contributed by atoms with Crippen LogP contribution in [0.2, 0.25) is 0 Å². The summed E-state index contributed by atoms with van der Waals surface area (Å²) in [6.45, 7) is 4.51. The summed E-state index contributed by atoms with van der Waals surface area (Å²) in [5.74, 6) is -0.114. The maximum Gasteiger partial charge on any atom is 0.251 e. The van der Waals surface area contributed by atoms with Crippen molar-refractivity contribution in [1.82, 2.24) is 5.32 Å². The van der Waals surface area contributed by atoms with Gasteiger partial charge in [-0.3, -0.25) is 4.79 Å². The SMILES string of the molecule is CCCCc1ccc(C(=O)NCC(O)CCC)cc1. The Balaban J connectivity index is 2.44. The van der Waals surface area contributed by atoms with Crippen LogP contribution < -0.4 is 5.32 Å². The van der Waals surface area contributed by atoms with Crippen molar-refractivity contribution in [2.75, 3.05) is 6.54 Å². The highest BCUT2D eigenvalue weighted by Crippen LogP contribution is 2.08. The average Bonchev–Trinajstić information content (AvgIpc) is 2.43. The Hall–Kier alpha value is -1.35. The fourth-order valence-electron chi connectivity index (χ4n) is 1.95. The van der Waals surface area contributed by atoms with E-state index in [1.165, 1.54) is 18.4 Å². The van der Waals surface area contributed by atoms with E-state index in [4.69, 9.17) is 0 Å². The van der Waals surface area contributed by atoms with Crippen molar-refractivity contribution in [1.29, 1.82) is 0 Å². The highest BCUT2D eigenvalue weighted by molar-refractivity contribution is 5.94. The first-order chi connectivity index (χ1) is 9.17. The highest BCUT2D eigenvalue weighted by Gasteiger charge is 2.08. The quantitative estimate of drug-likeness (QED) is 0.757. The van der Waals surface area contributed by atoms with Gasteiger partial charge in [0.2, 0.25) is 0 Å². The zero-order chi connectivity index (χ0) is 14.1. The van der Waals surface area contributed by atoms with Gasteiger partial charge in [0.15, 0.2) is 0 Å². The molecule has 0 bridgehead atoms. The fourth-order valence-corrected chi connectivity index (χ4v) is 1.95. The van der Waals surface area contributed by atoms with Crippen molar-refractivity contribution in [2.24, 2.45) is 0 Å². The number of aliphatic hydroxyl groups is 1. The van der Waals surface area contributed by atoms with E-state index < -0.39 is 6.10 Å². The lowest BCUT2D eigenvalue weighted by Gasteiger charge is -2.11. The third kappa shape index (κ3) is 5.88. The van der Waals surface area contributed by atoms with E-state index in [1.807, 2.05) is 31.2 Å². The molecule has 0 aliphatic carbocycles.